The number of nitrogens with zero attached hydrogens (tertiary/aromatic N) is 2. The number of amides is 2. The molecule has 0 aliphatic heterocycles. The molecule has 1 N–H and O–H groups in total. The van der Waals surface area contributed by atoms with Crippen LogP contribution in [0.3, 0.4) is 0 Å². The van der Waals surface area contributed by atoms with Gasteiger partial charge in [-0.05, 0) is 36.2 Å². The Hall–Kier alpha value is -2.39. The molecule has 0 aliphatic carbocycles. The molecule has 2 aromatic rings. The van der Waals surface area contributed by atoms with E-state index in [1.807, 2.05) is 37.3 Å². The van der Waals surface area contributed by atoms with Crippen LogP contribution in [0.15, 0.2) is 59.1 Å². The number of carbonyl (C=O) groups excluding carboxylic acids is 2. The van der Waals surface area contributed by atoms with Crippen LogP contribution < -0.4 is 9.62 Å². The van der Waals surface area contributed by atoms with E-state index in [9.17, 15) is 18.0 Å². The minimum Gasteiger partial charge on any atom is -0.357 e. The van der Waals surface area contributed by atoms with Gasteiger partial charge in [-0.25, -0.2) is 8.42 Å². The van der Waals surface area contributed by atoms with Crippen molar-refractivity contribution in [2.75, 3.05) is 24.2 Å². The first-order chi connectivity index (χ1) is 14.2. The first-order valence-corrected chi connectivity index (χ1v) is 12.1. The van der Waals surface area contributed by atoms with E-state index in [-0.39, 0.29) is 12.5 Å². The molecule has 7 nitrogen and oxygen atoms in total. The second-order valence-corrected chi connectivity index (χ2v) is 9.61. The molecule has 1 unspecified atom stereocenters. The average Bonchev–Trinajstić information content (AvgIpc) is 2.72. The van der Waals surface area contributed by atoms with Crippen LogP contribution in [0, 0.1) is 0 Å². The monoisotopic (exact) mass is 495 g/mol. The van der Waals surface area contributed by atoms with Crippen LogP contribution in [0.25, 0.3) is 0 Å². The summed E-state index contributed by atoms with van der Waals surface area (Å²) in [6, 6.07) is 15.2. The normalized spacial score (nSPS) is 12.1. The lowest BCUT2D eigenvalue weighted by Crippen LogP contribution is -2.51. The first kappa shape index (κ1) is 23.9. The van der Waals surface area contributed by atoms with Crippen LogP contribution in [-0.2, 0) is 26.2 Å². The van der Waals surface area contributed by atoms with Crippen molar-refractivity contribution in [3.8, 4) is 0 Å². The minimum atomic E-state index is -3.72. The fourth-order valence-electron chi connectivity index (χ4n) is 3.09. The lowest BCUT2D eigenvalue weighted by molar-refractivity contribution is -0.140. The third-order valence-corrected chi connectivity index (χ3v) is 6.29. The number of hydrogen-bond acceptors (Lipinski definition) is 4. The number of hydrogen-bond donors (Lipinski definition) is 1. The van der Waals surface area contributed by atoms with Gasteiger partial charge in [-0.1, -0.05) is 53.2 Å². The number of sulfonamides is 1. The van der Waals surface area contributed by atoms with Gasteiger partial charge in [0, 0.05) is 18.1 Å². The lowest BCUT2D eigenvalue weighted by Gasteiger charge is -2.32. The number of halogens is 1. The Morgan fingerprint density at radius 1 is 1.07 bits per heavy atom. The van der Waals surface area contributed by atoms with Crippen LogP contribution in [0.1, 0.15) is 18.9 Å². The Balaban J connectivity index is 2.39. The Morgan fingerprint density at radius 3 is 2.17 bits per heavy atom. The molecular weight excluding hydrogens is 470 g/mol. The molecular formula is C21H26BrN3O4S. The number of rotatable bonds is 9. The Morgan fingerprint density at radius 2 is 1.67 bits per heavy atom. The van der Waals surface area contributed by atoms with Gasteiger partial charge in [0.25, 0.3) is 0 Å². The highest BCUT2D eigenvalue weighted by Crippen LogP contribution is 2.22. The molecule has 2 amide bonds. The molecule has 1 atom stereocenters. The van der Waals surface area contributed by atoms with Crippen molar-refractivity contribution in [1.29, 1.82) is 0 Å². The highest BCUT2D eigenvalue weighted by molar-refractivity contribution is 9.10. The van der Waals surface area contributed by atoms with Crippen molar-refractivity contribution in [2.45, 2.75) is 25.9 Å². The van der Waals surface area contributed by atoms with E-state index in [1.165, 1.54) is 11.9 Å². The van der Waals surface area contributed by atoms with E-state index in [2.05, 4.69) is 21.2 Å². The molecule has 0 saturated heterocycles. The van der Waals surface area contributed by atoms with Crippen molar-refractivity contribution in [1.82, 2.24) is 10.2 Å². The van der Waals surface area contributed by atoms with Crippen LogP contribution in [0.2, 0.25) is 0 Å². The van der Waals surface area contributed by atoms with Gasteiger partial charge in [0.15, 0.2) is 0 Å². The summed E-state index contributed by atoms with van der Waals surface area (Å²) >= 11 is 3.32. The predicted octanol–water partition coefficient (Wildman–Crippen LogP) is 2.77. The number of anilines is 1. The predicted molar refractivity (Wildman–Crippen MR) is 121 cm³/mol. The van der Waals surface area contributed by atoms with E-state index in [1.54, 1.807) is 24.3 Å². The molecule has 0 heterocycles. The van der Waals surface area contributed by atoms with Gasteiger partial charge >= 0.3 is 0 Å². The zero-order valence-corrected chi connectivity index (χ0v) is 19.6. The summed E-state index contributed by atoms with van der Waals surface area (Å²) in [4.78, 5) is 27.2. The summed E-state index contributed by atoms with van der Waals surface area (Å²) in [5.41, 5.74) is 1.23. The van der Waals surface area contributed by atoms with Crippen LogP contribution >= 0.6 is 15.9 Å². The van der Waals surface area contributed by atoms with Crippen LogP contribution in [-0.4, -0.2) is 51.0 Å². The first-order valence-electron chi connectivity index (χ1n) is 9.45. The second-order valence-electron chi connectivity index (χ2n) is 6.79. The Kier molecular flexibility index (Phi) is 8.43. The quantitative estimate of drug-likeness (QED) is 0.579. The van der Waals surface area contributed by atoms with E-state index >= 15 is 0 Å². The summed E-state index contributed by atoms with van der Waals surface area (Å²) in [5.74, 6) is -0.751. The van der Waals surface area contributed by atoms with E-state index in [0.29, 0.717) is 12.1 Å². The molecule has 0 aliphatic rings. The van der Waals surface area contributed by atoms with Crippen molar-refractivity contribution in [3.05, 3.63) is 64.6 Å². The molecule has 0 fully saturated rings. The Bertz CT molecular complexity index is 966. The zero-order chi connectivity index (χ0) is 22.3. The van der Waals surface area contributed by atoms with E-state index < -0.39 is 28.5 Å². The highest BCUT2D eigenvalue weighted by atomic mass is 79.9. The maximum Gasteiger partial charge on any atom is 0.244 e. The SMILES string of the molecule is CCC(C(=O)NC)N(Cc1ccccc1)C(=O)CN(c1ccc(Br)cc1)S(C)(=O)=O. The summed E-state index contributed by atoms with van der Waals surface area (Å²) < 4.78 is 26.7. The largest absolute Gasteiger partial charge is 0.357 e. The van der Waals surface area contributed by atoms with Gasteiger partial charge in [0.2, 0.25) is 21.8 Å². The molecule has 162 valence electrons. The zero-order valence-electron chi connectivity index (χ0n) is 17.2. The summed E-state index contributed by atoms with van der Waals surface area (Å²) in [7, 11) is -2.21. The van der Waals surface area contributed by atoms with Crippen molar-refractivity contribution >= 4 is 43.5 Å². The molecule has 0 saturated carbocycles. The number of nitrogens with one attached hydrogen (secondary N) is 1. The minimum absolute atomic E-state index is 0.198. The molecule has 0 bridgehead atoms. The molecule has 2 rings (SSSR count). The Labute approximate surface area is 186 Å². The third kappa shape index (κ3) is 6.30. The number of carbonyl (C=O) groups is 2. The highest BCUT2D eigenvalue weighted by Gasteiger charge is 2.31. The van der Waals surface area contributed by atoms with Crippen molar-refractivity contribution in [2.24, 2.45) is 0 Å². The average molecular weight is 496 g/mol. The second kappa shape index (κ2) is 10.6. The summed E-state index contributed by atoms with van der Waals surface area (Å²) in [6.07, 6.45) is 1.45. The van der Waals surface area contributed by atoms with Crippen molar-refractivity contribution in [3.63, 3.8) is 0 Å². The molecule has 9 heteroatoms. The molecule has 0 aromatic heterocycles. The molecule has 0 spiro atoms. The molecule has 2 aromatic carbocycles. The standard InChI is InChI=1S/C21H26BrN3O4S/c1-4-19(21(27)23-2)24(14-16-8-6-5-7-9-16)20(26)15-25(30(3,28)29)18-12-10-17(22)11-13-18/h5-13,19H,4,14-15H2,1-3H3,(H,23,27). The maximum atomic E-state index is 13.3. The van der Waals surface area contributed by atoms with Gasteiger partial charge in [-0.3, -0.25) is 13.9 Å². The van der Waals surface area contributed by atoms with Gasteiger partial charge in [-0.15, -0.1) is 0 Å². The molecule has 30 heavy (non-hydrogen) atoms. The van der Waals surface area contributed by atoms with Crippen molar-refractivity contribution < 1.29 is 18.0 Å². The van der Waals surface area contributed by atoms with Gasteiger partial charge < -0.3 is 10.2 Å². The van der Waals surface area contributed by atoms with Gasteiger partial charge in [-0.2, -0.15) is 0 Å². The number of likely N-dealkylation sites (N-methyl/N-ethyl adjacent to an activating group) is 1. The van der Waals surface area contributed by atoms with Gasteiger partial charge in [0.05, 0.1) is 11.9 Å². The fraction of sp³-hybridized carbons (Fsp3) is 0.333. The maximum absolute atomic E-state index is 13.3. The third-order valence-electron chi connectivity index (χ3n) is 4.62. The van der Waals surface area contributed by atoms with E-state index in [0.717, 1.165) is 20.6 Å². The fourth-order valence-corrected chi connectivity index (χ4v) is 4.20. The molecule has 0 radical (unpaired) electrons. The van der Waals surface area contributed by atoms with E-state index in [4.69, 9.17) is 0 Å². The van der Waals surface area contributed by atoms with Crippen LogP contribution in [0.5, 0.6) is 0 Å². The lowest BCUT2D eigenvalue weighted by atomic mass is 10.1. The summed E-state index contributed by atoms with van der Waals surface area (Å²) in [6.45, 7) is 1.61. The summed E-state index contributed by atoms with van der Waals surface area (Å²) in [5, 5.41) is 2.59. The smallest absolute Gasteiger partial charge is 0.244 e. The van der Waals surface area contributed by atoms with Crippen LogP contribution in [0.4, 0.5) is 5.69 Å². The van der Waals surface area contributed by atoms with Gasteiger partial charge in [0.1, 0.15) is 12.6 Å². The topological polar surface area (TPSA) is 86.8 Å². The number of benzene rings is 2.